The van der Waals surface area contributed by atoms with Gasteiger partial charge in [0.1, 0.15) is 0 Å². The number of rotatable bonds is 2. The maximum atomic E-state index is 12.3. The minimum absolute atomic E-state index is 0.201. The van der Waals surface area contributed by atoms with Gasteiger partial charge < -0.3 is 9.80 Å². The SMILES string of the molecule is CC(C)C1CCCCN(C(=O)N(C)C(C)C)C1. The third kappa shape index (κ3) is 3.90. The van der Waals surface area contributed by atoms with E-state index in [1.807, 2.05) is 11.9 Å². The molecule has 2 amide bonds. The van der Waals surface area contributed by atoms with Crippen molar-refractivity contribution in [1.29, 1.82) is 0 Å². The molecule has 0 aromatic rings. The van der Waals surface area contributed by atoms with Gasteiger partial charge in [-0.15, -0.1) is 0 Å². The van der Waals surface area contributed by atoms with Crippen LogP contribution >= 0.6 is 0 Å². The number of hydrogen-bond donors (Lipinski definition) is 0. The number of amides is 2. The Morgan fingerprint density at radius 2 is 1.88 bits per heavy atom. The molecule has 0 N–H and O–H groups in total. The van der Waals surface area contributed by atoms with Crippen molar-refractivity contribution in [2.24, 2.45) is 11.8 Å². The fraction of sp³-hybridized carbons (Fsp3) is 0.929. The molecule has 1 rings (SSSR count). The lowest BCUT2D eigenvalue weighted by Gasteiger charge is -2.32. The minimum Gasteiger partial charge on any atom is -0.325 e. The summed E-state index contributed by atoms with van der Waals surface area (Å²) in [6.45, 7) is 10.5. The lowest BCUT2D eigenvalue weighted by molar-refractivity contribution is 0.143. The Hall–Kier alpha value is -0.730. The van der Waals surface area contributed by atoms with Crippen LogP contribution < -0.4 is 0 Å². The maximum absolute atomic E-state index is 12.3. The van der Waals surface area contributed by atoms with E-state index in [9.17, 15) is 4.79 Å². The van der Waals surface area contributed by atoms with Gasteiger partial charge in [-0.25, -0.2) is 4.79 Å². The molecule has 0 radical (unpaired) electrons. The van der Waals surface area contributed by atoms with Crippen LogP contribution in [0.15, 0.2) is 0 Å². The molecule has 100 valence electrons. The average molecular weight is 240 g/mol. The van der Waals surface area contributed by atoms with E-state index in [1.165, 1.54) is 12.8 Å². The van der Waals surface area contributed by atoms with Crippen molar-refractivity contribution >= 4 is 6.03 Å². The molecule has 3 nitrogen and oxygen atoms in total. The normalized spacial score (nSPS) is 21.8. The first-order valence-corrected chi connectivity index (χ1v) is 6.95. The zero-order valence-electron chi connectivity index (χ0n) is 12.1. The predicted molar refractivity (Wildman–Crippen MR) is 72.0 cm³/mol. The first-order valence-electron chi connectivity index (χ1n) is 6.95. The second-order valence-electron chi connectivity index (χ2n) is 5.93. The summed E-state index contributed by atoms with van der Waals surface area (Å²) in [6.07, 6.45) is 3.69. The van der Waals surface area contributed by atoms with Gasteiger partial charge in [0.05, 0.1) is 0 Å². The first kappa shape index (κ1) is 14.3. The number of likely N-dealkylation sites (tertiary alicyclic amines) is 1. The molecular formula is C14H28N2O. The number of carbonyl (C=O) groups is 1. The zero-order valence-corrected chi connectivity index (χ0v) is 12.1. The van der Waals surface area contributed by atoms with E-state index in [0.29, 0.717) is 11.8 Å². The van der Waals surface area contributed by atoms with E-state index in [0.717, 1.165) is 19.5 Å². The number of urea groups is 1. The van der Waals surface area contributed by atoms with E-state index >= 15 is 0 Å². The quantitative estimate of drug-likeness (QED) is 0.727. The van der Waals surface area contributed by atoms with Crippen molar-refractivity contribution in [3.05, 3.63) is 0 Å². The second kappa shape index (κ2) is 6.27. The fourth-order valence-electron chi connectivity index (χ4n) is 2.34. The van der Waals surface area contributed by atoms with Crippen LogP contribution in [0.4, 0.5) is 4.79 Å². The van der Waals surface area contributed by atoms with Gasteiger partial charge in [0, 0.05) is 26.2 Å². The van der Waals surface area contributed by atoms with Gasteiger partial charge in [0.2, 0.25) is 0 Å². The molecule has 1 aliphatic heterocycles. The summed E-state index contributed by atoms with van der Waals surface area (Å²) >= 11 is 0. The molecule has 17 heavy (non-hydrogen) atoms. The Kier molecular flexibility index (Phi) is 5.29. The molecule has 0 saturated carbocycles. The van der Waals surface area contributed by atoms with Crippen molar-refractivity contribution in [3.63, 3.8) is 0 Å². The van der Waals surface area contributed by atoms with Crippen molar-refractivity contribution < 1.29 is 4.79 Å². The van der Waals surface area contributed by atoms with Crippen molar-refractivity contribution in [1.82, 2.24) is 9.80 Å². The molecule has 1 heterocycles. The van der Waals surface area contributed by atoms with Crippen LogP contribution in [0.25, 0.3) is 0 Å². The Morgan fingerprint density at radius 3 is 2.41 bits per heavy atom. The monoisotopic (exact) mass is 240 g/mol. The van der Waals surface area contributed by atoms with Gasteiger partial charge >= 0.3 is 6.03 Å². The van der Waals surface area contributed by atoms with E-state index < -0.39 is 0 Å². The Morgan fingerprint density at radius 1 is 1.24 bits per heavy atom. The van der Waals surface area contributed by atoms with Crippen LogP contribution in [0.3, 0.4) is 0 Å². The maximum Gasteiger partial charge on any atom is 0.319 e. The highest BCUT2D eigenvalue weighted by molar-refractivity contribution is 5.74. The second-order valence-corrected chi connectivity index (χ2v) is 5.93. The van der Waals surface area contributed by atoms with Crippen LogP contribution in [-0.2, 0) is 0 Å². The number of nitrogens with zero attached hydrogens (tertiary/aromatic N) is 2. The van der Waals surface area contributed by atoms with Gasteiger partial charge in [-0.3, -0.25) is 0 Å². The highest BCUT2D eigenvalue weighted by Crippen LogP contribution is 2.23. The molecule has 0 spiro atoms. The van der Waals surface area contributed by atoms with Crippen molar-refractivity contribution in [2.75, 3.05) is 20.1 Å². The molecule has 1 aliphatic rings. The summed E-state index contributed by atoms with van der Waals surface area (Å²) < 4.78 is 0. The summed E-state index contributed by atoms with van der Waals surface area (Å²) in [5.74, 6) is 1.34. The summed E-state index contributed by atoms with van der Waals surface area (Å²) in [5.41, 5.74) is 0. The van der Waals surface area contributed by atoms with Crippen LogP contribution in [0, 0.1) is 11.8 Å². The van der Waals surface area contributed by atoms with Gasteiger partial charge in [0.15, 0.2) is 0 Å². The largest absolute Gasteiger partial charge is 0.325 e. The van der Waals surface area contributed by atoms with E-state index in [1.54, 1.807) is 0 Å². The third-order valence-corrected chi connectivity index (χ3v) is 4.00. The Balaban J connectivity index is 2.65. The fourth-order valence-corrected chi connectivity index (χ4v) is 2.34. The lowest BCUT2D eigenvalue weighted by atomic mass is 9.91. The van der Waals surface area contributed by atoms with E-state index in [2.05, 4.69) is 32.6 Å². The van der Waals surface area contributed by atoms with E-state index in [4.69, 9.17) is 0 Å². The molecular weight excluding hydrogens is 212 g/mol. The lowest BCUT2D eigenvalue weighted by Crippen LogP contribution is -2.46. The van der Waals surface area contributed by atoms with Crippen LogP contribution in [-0.4, -0.2) is 42.0 Å². The third-order valence-electron chi connectivity index (χ3n) is 4.00. The Bertz CT molecular complexity index is 251. The predicted octanol–water partition coefficient (Wildman–Crippen LogP) is 3.20. The highest BCUT2D eigenvalue weighted by Gasteiger charge is 2.26. The smallest absolute Gasteiger partial charge is 0.319 e. The topological polar surface area (TPSA) is 23.6 Å². The van der Waals surface area contributed by atoms with Crippen LogP contribution in [0.2, 0.25) is 0 Å². The molecule has 1 atom stereocenters. The number of carbonyl (C=O) groups excluding carboxylic acids is 1. The van der Waals surface area contributed by atoms with Crippen LogP contribution in [0.5, 0.6) is 0 Å². The van der Waals surface area contributed by atoms with Gasteiger partial charge in [0.25, 0.3) is 0 Å². The summed E-state index contributed by atoms with van der Waals surface area (Å²) in [4.78, 5) is 16.2. The molecule has 0 aromatic carbocycles. The molecule has 1 saturated heterocycles. The van der Waals surface area contributed by atoms with Crippen molar-refractivity contribution in [2.45, 2.75) is 53.0 Å². The Labute approximate surface area is 106 Å². The molecule has 1 unspecified atom stereocenters. The average Bonchev–Trinajstić information content (AvgIpc) is 2.52. The molecule has 0 aliphatic carbocycles. The van der Waals surface area contributed by atoms with Gasteiger partial charge in [-0.1, -0.05) is 20.3 Å². The van der Waals surface area contributed by atoms with Crippen LogP contribution in [0.1, 0.15) is 47.0 Å². The molecule has 0 bridgehead atoms. The highest BCUT2D eigenvalue weighted by atomic mass is 16.2. The van der Waals surface area contributed by atoms with E-state index in [-0.39, 0.29) is 12.1 Å². The molecule has 3 heteroatoms. The van der Waals surface area contributed by atoms with Gasteiger partial charge in [-0.2, -0.15) is 0 Å². The summed E-state index contributed by atoms with van der Waals surface area (Å²) in [6, 6.07) is 0.482. The summed E-state index contributed by atoms with van der Waals surface area (Å²) in [5, 5.41) is 0. The standard InChI is InChI=1S/C14H28N2O/c1-11(2)13-8-6-7-9-16(10-13)14(17)15(5)12(3)4/h11-13H,6-10H2,1-5H3. The molecule has 0 aromatic heterocycles. The summed E-state index contributed by atoms with van der Waals surface area (Å²) in [7, 11) is 1.91. The zero-order chi connectivity index (χ0) is 13.0. The van der Waals surface area contributed by atoms with Gasteiger partial charge in [-0.05, 0) is 38.5 Å². The first-order chi connectivity index (χ1) is 7.93. The van der Waals surface area contributed by atoms with Crippen molar-refractivity contribution in [3.8, 4) is 0 Å². The molecule has 1 fully saturated rings. The number of hydrogen-bond acceptors (Lipinski definition) is 1. The minimum atomic E-state index is 0.201.